The Balaban J connectivity index is 2.32. The van der Waals surface area contributed by atoms with Crippen LogP contribution in [0.5, 0.6) is 0 Å². The summed E-state index contributed by atoms with van der Waals surface area (Å²) in [5.41, 5.74) is 1.89. The molecule has 0 radical (unpaired) electrons. The maximum atomic E-state index is 12.0. The highest BCUT2D eigenvalue weighted by atomic mass is 32.2. The van der Waals surface area contributed by atoms with Crippen LogP contribution in [-0.4, -0.2) is 30.3 Å². The summed E-state index contributed by atoms with van der Waals surface area (Å²) in [6, 6.07) is 6.46. The lowest BCUT2D eigenvalue weighted by Gasteiger charge is -2.07. The van der Waals surface area contributed by atoms with Gasteiger partial charge in [-0.05, 0) is 36.8 Å². The fourth-order valence-corrected chi connectivity index (χ4v) is 2.61. The van der Waals surface area contributed by atoms with Crippen molar-refractivity contribution in [3.63, 3.8) is 0 Å². The predicted molar refractivity (Wildman–Crippen MR) is 74.5 cm³/mol. The first-order chi connectivity index (χ1) is 9.51. The Kier molecular flexibility index (Phi) is 4.08. The summed E-state index contributed by atoms with van der Waals surface area (Å²) in [6.07, 6.45) is 1.36. The number of benzene rings is 1. The topological polar surface area (TPSA) is 95.1 Å². The monoisotopic (exact) mass is 291 g/mol. The molecule has 1 aromatic heterocycles. The fraction of sp³-hybridized carbons (Fsp3) is 0.154. The Labute approximate surface area is 116 Å². The van der Waals surface area contributed by atoms with Crippen molar-refractivity contribution in [2.75, 3.05) is 11.3 Å². The van der Waals surface area contributed by atoms with Gasteiger partial charge < -0.3 is 5.11 Å². The van der Waals surface area contributed by atoms with E-state index >= 15 is 0 Å². The van der Waals surface area contributed by atoms with E-state index in [-0.39, 0.29) is 11.6 Å². The lowest BCUT2D eigenvalue weighted by atomic mass is 10.1. The number of sulfonamides is 1. The third-order valence-corrected chi connectivity index (χ3v) is 3.72. The first kappa shape index (κ1) is 14.1. The van der Waals surface area contributed by atoms with Gasteiger partial charge in [-0.2, -0.15) is 13.5 Å². The van der Waals surface area contributed by atoms with E-state index in [1.54, 1.807) is 18.2 Å². The van der Waals surface area contributed by atoms with Gasteiger partial charge in [0.15, 0.2) is 5.03 Å². The zero-order chi connectivity index (χ0) is 14.6. The highest BCUT2D eigenvalue weighted by molar-refractivity contribution is 7.92. The number of H-pyrrole nitrogens is 1. The van der Waals surface area contributed by atoms with Crippen molar-refractivity contribution < 1.29 is 13.5 Å². The Hall–Kier alpha value is -2.30. The molecule has 0 fully saturated rings. The van der Waals surface area contributed by atoms with E-state index in [1.165, 1.54) is 12.3 Å². The van der Waals surface area contributed by atoms with Crippen LogP contribution in [-0.2, 0) is 10.0 Å². The first-order valence-electron chi connectivity index (χ1n) is 5.75. The molecule has 1 heterocycles. The number of rotatable bonds is 3. The SMILES string of the molecule is Cc1cc(C#CCO)cc(NS(=O)(=O)c2ccn[nH]2)c1. The highest BCUT2D eigenvalue weighted by Crippen LogP contribution is 2.17. The molecule has 0 unspecified atom stereocenters. The minimum absolute atomic E-state index is 0.0120. The molecule has 3 N–H and O–H groups in total. The van der Waals surface area contributed by atoms with Gasteiger partial charge in [0.2, 0.25) is 0 Å². The molecule has 0 atom stereocenters. The van der Waals surface area contributed by atoms with Crippen LogP contribution >= 0.6 is 0 Å². The summed E-state index contributed by atoms with van der Waals surface area (Å²) >= 11 is 0. The van der Waals surface area contributed by atoms with Gasteiger partial charge in [0.1, 0.15) is 6.61 Å². The van der Waals surface area contributed by atoms with Crippen molar-refractivity contribution >= 4 is 15.7 Å². The van der Waals surface area contributed by atoms with E-state index < -0.39 is 10.0 Å². The number of hydrogen-bond donors (Lipinski definition) is 3. The van der Waals surface area contributed by atoms with Crippen molar-refractivity contribution in [3.8, 4) is 11.8 Å². The molecule has 0 spiro atoms. The summed E-state index contributed by atoms with van der Waals surface area (Å²) in [5, 5.41) is 14.7. The van der Waals surface area contributed by atoms with Crippen LogP contribution in [0.3, 0.4) is 0 Å². The normalized spacial score (nSPS) is 10.7. The van der Waals surface area contributed by atoms with Crippen molar-refractivity contribution in [2.24, 2.45) is 0 Å². The van der Waals surface area contributed by atoms with Gasteiger partial charge in [0, 0.05) is 5.56 Å². The summed E-state index contributed by atoms with van der Waals surface area (Å²) in [4.78, 5) is 0. The van der Waals surface area contributed by atoms with E-state index in [2.05, 4.69) is 26.8 Å². The molecule has 1 aromatic carbocycles. The van der Waals surface area contributed by atoms with Gasteiger partial charge in [0.05, 0.1) is 11.9 Å². The molecular weight excluding hydrogens is 278 g/mol. The summed E-state index contributed by atoms with van der Waals surface area (Å²) in [6.45, 7) is 1.58. The van der Waals surface area contributed by atoms with Crippen molar-refractivity contribution in [1.29, 1.82) is 0 Å². The molecule has 2 aromatic rings. The lowest BCUT2D eigenvalue weighted by Crippen LogP contribution is -2.13. The minimum Gasteiger partial charge on any atom is -0.384 e. The average molecular weight is 291 g/mol. The Morgan fingerprint density at radius 3 is 2.85 bits per heavy atom. The number of hydrogen-bond acceptors (Lipinski definition) is 4. The molecule has 104 valence electrons. The van der Waals surface area contributed by atoms with Crippen LogP contribution in [0.2, 0.25) is 0 Å². The maximum absolute atomic E-state index is 12.0. The second-order valence-corrected chi connectivity index (χ2v) is 5.72. The number of aryl methyl sites for hydroxylation is 1. The van der Waals surface area contributed by atoms with Gasteiger partial charge >= 0.3 is 0 Å². The smallest absolute Gasteiger partial charge is 0.278 e. The summed E-state index contributed by atoms with van der Waals surface area (Å²) in [5.74, 6) is 5.26. The molecule has 0 aliphatic rings. The first-order valence-corrected chi connectivity index (χ1v) is 7.23. The highest BCUT2D eigenvalue weighted by Gasteiger charge is 2.15. The minimum atomic E-state index is -3.69. The van der Waals surface area contributed by atoms with E-state index in [4.69, 9.17) is 5.11 Å². The van der Waals surface area contributed by atoms with Crippen molar-refractivity contribution in [2.45, 2.75) is 11.9 Å². The molecule has 7 heteroatoms. The molecule has 2 rings (SSSR count). The van der Waals surface area contributed by atoms with Crippen LogP contribution in [0.1, 0.15) is 11.1 Å². The quantitative estimate of drug-likeness (QED) is 0.731. The van der Waals surface area contributed by atoms with Gasteiger partial charge in [0.25, 0.3) is 10.0 Å². The molecular formula is C13H13N3O3S. The van der Waals surface area contributed by atoms with Crippen LogP contribution in [0, 0.1) is 18.8 Å². The second kappa shape index (κ2) is 5.77. The number of anilines is 1. The van der Waals surface area contributed by atoms with Gasteiger partial charge in [-0.3, -0.25) is 9.82 Å². The van der Waals surface area contributed by atoms with Crippen LogP contribution < -0.4 is 4.72 Å². The molecule has 0 aliphatic carbocycles. The Morgan fingerprint density at radius 1 is 1.40 bits per heavy atom. The predicted octanol–water partition coefficient (Wildman–Crippen LogP) is 0.863. The van der Waals surface area contributed by atoms with Crippen molar-refractivity contribution in [1.82, 2.24) is 10.2 Å². The summed E-state index contributed by atoms with van der Waals surface area (Å²) in [7, 11) is -3.69. The van der Waals surface area contributed by atoms with Crippen LogP contribution in [0.25, 0.3) is 0 Å². The average Bonchev–Trinajstić information content (AvgIpc) is 2.89. The Morgan fingerprint density at radius 2 is 2.20 bits per heavy atom. The third-order valence-electron chi connectivity index (χ3n) is 2.41. The standard InChI is InChI=1S/C13H13N3O3S/c1-10-7-11(3-2-6-17)9-12(8-10)16-20(18,19)13-4-5-14-15-13/h4-5,7-9,16-17H,6H2,1H3,(H,14,15). The lowest BCUT2D eigenvalue weighted by molar-refractivity contribution is 0.350. The molecule has 0 aliphatic heterocycles. The van der Waals surface area contributed by atoms with Crippen LogP contribution in [0.4, 0.5) is 5.69 Å². The zero-order valence-corrected chi connectivity index (χ0v) is 11.5. The van der Waals surface area contributed by atoms with Crippen LogP contribution in [0.15, 0.2) is 35.5 Å². The fourth-order valence-electron chi connectivity index (χ4n) is 1.66. The molecule has 0 saturated carbocycles. The molecule has 0 saturated heterocycles. The second-order valence-electron chi connectivity index (χ2n) is 4.07. The Bertz CT molecular complexity index is 756. The summed E-state index contributed by atoms with van der Waals surface area (Å²) < 4.78 is 26.5. The van der Waals surface area contributed by atoms with E-state index in [0.717, 1.165) is 5.56 Å². The maximum Gasteiger partial charge on any atom is 0.278 e. The number of nitrogens with one attached hydrogen (secondary N) is 2. The molecule has 0 bridgehead atoms. The number of aliphatic hydroxyl groups is 1. The third kappa shape index (κ3) is 3.38. The zero-order valence-electron chi connectivity index (χ0n) is 10.7. The number of nitrogens with zero attached hydrogens (tertiary/aromatic N) is 1. The largest absolute Gasteiger partial charge is 0.384 e. The number of aliphatic hydroxyl groups excluding tert-OH is 1. The van der Waals surface area contributed by atoms with Gasteiger partial charge in [-0.25, -0.2) is 0 Å². The molecule has 0 amide bonds. The van der Waals surface area contributed by atoms with E-state index in [9.17, 15) is 8.42 Å². The molecule has 6 nitrogen and oxygen atoms in total. The van der Waals surface area contributed by atoms with Gasteiger partial charge in [-0.1, -0.05) is 11.8 Å². The van der Waals surface area contributed by atoms with Crippen molar-refractivity contribution in [3.05, 3.63) is 41.6 Å². The molecule has 20 heavy (non-hydrogen) atoms. The van der Waals surface area contributed by atoms with E-state index in [0.29, 0.717) is 11.3 Å². The van der Waals surface area contributed by atoms with Gasteiger partial charge in [-0.15, -0.1) is 0 Å². The van der Waals surface area contributed by atoms with E-state index in [1.807, 2.05) is 6.92 Å². The number of aromatic nitrogens is 2. The number of aromatic amines is 1.